The number of rotatable bonds is 2. The Morgan fingerprint density at radius 3 is 2.17 bits per heavy atom. The second kappa shape index (κ2) is 6.61. The molecule has 0 aliphatic carbocycles. The van der Waals surface area contributed by atoms with E-state index in [1.54, 1.807) is 24.3 Å². The van der Waals surface area contributed by atoms with E-state index in [0.29, 0.717) is 5.69 Å². The Morgan fingerprint density at radius 1 is 0.958 bits per heavy atom. The van der Waals surface area contributed by atoms with E-state index in [2.05, 4.69) is 15.9 Å². The highest BCUT2D eigenvalue weighted by atomic mass is 79.9. The van der Waals surface area contributed by atoms with Crippen molar-refractivity contribution in [3.8, 4) is 0 Å². The number of amidine groups is 1. The Kier molecular flexibility index (Phi) is 4.86. The van der Waals surface area contributed by atoms with Crippen LogP contribution in [0.3, 0.4) is 0 Å². The second-order valence-corrected chi connectivity index (χ2v) is 7.33. The molecule has 2 aromatic carbocycles. The highest BCUT2D eigenvalue weighted by Gasteiger charge is 2.41. The molecule has 0 unspecified atom stereocenters. The number of hydrogen-bond acceptors (Lipinski definition) is 3. The molecule has 9 heteroatoms. The van der Waals surface area contributed by atoms with Crippen LogP contribution in [0.5, 0.6) is 0 Å². The van der Waals surface area contributed by atoms with Crippen LogP contribution in [-0.2, 0) is 0 Å². The van der Waals surface area contributed by atoms with E-state index in [-0.39, 0.29) is 31.6 Å². The van der Waals surface area contributed by atoms with Crippen LogP contribution in [0.25, 0.3) is 0 Å². The van der Waals surface area contributed by atoms with Gasteiger partial charge >= 0.3 is 6.03 Å². The molecular formula is C15H7BrCl3N3OS. The third-order valence-corrected chi connectivity index (χ3v) is 5.26. The monoisotopic (exact) mass is 461 g/mol. The highest BCUT2D eigenvalue weighted by molar-refractivity contribution is 9.10. The fraction of sp³-hybridized carbons (Fsp3) is 0. The van der Waals surface area contributed by atoms with Gasteiger partial charge in [-0.05, 0) is 36.4 Å². The first kappa shape index (κ1) is 17.6. The summed E-state index contributed by atoms with van der Waals surface area (Å²) in [5.74, 6) is -0.154. The van der Waals surface area contributed by atoms with Gasteiger partial charge in [-0.1, -0.05) is 63.0 Å². The Balaban J connectivity index is 2.07. The normalized spacial score (nSPS) is 14.8. The minimum absolute atomic E-state index is 0.0736. The van der Waals surface area contributed by atoms with Gasteiger partial charge in [0.25, 0.3) is 0 Å². The summed E-state index contributed by atoms with van der Waals surface area (Å²) in [6.07, 6.45) is 0. The quantitative estimate of drug-likeness (QED) is 0.428. The molecule has 4 nitrogen and oxygen atoms in total. The van der Waals surface area contributed by atoms with E-state index in [0.717, 1.165) is 9.37 Å². The van der Waals surface area contributed by atoms with Gasteiger partial charge in [-0.2, -0.15) is 0 Å². The SMILES string of the molecule is N=C1C(=S)N(c2ccc(Br)cc2)C(=O)N1c1cc(Cl)c(Cl)cc1Cl. The smallest absolute Gasteiger partial charge is 0.281 e. The third kappa shape index (κ3) is 2.93. The summed E-state index contributed by atoms with van der Waals surface area (Å²) in [5, 5.41) is 8.88. The zero-order chi connectivity index (χ0) is 17.6. The van der Waals surface area contributed by atoms with Gasteiger partial charge in [-0.3, -0.25) is 5.41 Å². The van der Waals surface area contributed by atoms with Crippen molar-refractivity contribution in [1.29, 1.82) is 5.41 Å². The Bertz CT molecular complexity index is 888. The molecule has 122 valence electrons. The number of carbonyl (C=O) groups is 1. The fourth-order valence-corrected chi connectivity index (χ4v) is 3.37. The Labute approximate surface area is 166 Å². The van der Waals surface area contributed by atoms with Gasteiger partial charge in [-0.25, -0.2) is 14.6 Å². The van der Waals surface area contributed by atoms with Crippen molar-refractivity contribution in [1.82, 2.24) is 0 Å². The van der Waals surface area contributed by atoms with Gasteiger partial charge in [0.1, 0.15) is 0 Å². The van der Waals surface area contributed by atoms with E-state index < -0.39 is 6.03 Å². The topological polar surface area (TPSA) is 47.4 Å². The molecule has 0 bridgehead atoms. The lowest BCUT2D eigenvalue weighted by atomic mass is 10.3. The van der Waals surface area contributed by atoms with Crippen molar-refractivity contribution < 1.29 is 4.79 Å². The Hall–Kier alpha value is -1.18. The lowest BCUT2D eigenvalue weighted by molar-refractivity contribution is 0.257. The zero-order valence-electron chi connectivity index (χ0n) is 11.7. The van der Waals surface area contributed by atoms with Crippen molar-refractivity contribution in [3.05, 3.63) is 55.9 Å². The van der Waals surface area contributed by atoms with Crippen molar-refractivity contribution in [2.24, 2.45) is 0 Å². The van der Waals surface area contributed by atoms with Crippen LogP contribution in [-0.4, -0.2) is 16.9 Å². The van der Waals surface area contributed by atoms with E-state index >= 15 is 0 Å². The van der Waals surface area contributed by atoms with Crippen LogP contribution in [0.2, 0.25) is 15.1 Å². The van der Waals surface area contributed by atoms with Crippen LogP contribution in [0.1, 0.15) is 0 Å². The van der Waals surface area contributed by atoms with E-state index in [4.69, 9.17) is 52.4 Å². The molecule has 1 fully saturated rings. The van der Waals surface area contributed by atoms with Gasteiger partial charge in [0.15, 0.2) is 10.8 Å². The number of hydrogen-bond donors (Lipinski definition) is 1. The molecule has 0 aromatic heterocycles. The predicted octanol–water partition coefficient (Wildman–Crippen LogP) is 6.16. The van der Waals surface area contributed by atoms with Gasteiger partial charge in [0.05, 0.1) is 26.4 Å². The van der Waals surface area contributed by atoms with E-state index in [1.165, 1.54) is 17.0 Å². The first-order valence-electron chi connectivity index (χ1n) is 6.48. The second-order valence-electron chi connectivity index (χ2n) is 4.80. The number of nitrogens with one attached hydrogen (secondary N) is 1. The number of nitrogens with zero attached hydrogens (tertiary/aromatic N) is 2. The summed E-state index contributed by atoms with van der Waals surface area (Å²) in [7, 11) is 0. The van der Waals surface area contributed by atoms with Gasteiger partial charge in [0, 0.05) is 4.47 Å². The number of halogens is 4. The highest BCUT2D eigenvalue weighted by Crippen LogP contribution is 2.37. The molecule has 2 aromatic rings. The summed E-state index contributed by atoms with van der Waals surface area (Å²) >= 11 is 26.7. The average molecular weight is 464 g/mol. The molecule has 1 N–H and O–H groups in total. The summed E-state index contributed by atoms with van der Waals surface area (Å²) < 4.78 is 0.864. The molecule has 1 aliphatic heterocycles. The maximum Gasteiger partial charge on any atom is 0.340 e. The molecule has 0 radical (unpaired) electrons. The number of urea groups is 1. The maximum atomic E-state index is 12.8. The van der Waals surface area contributed by atoms with E-state index in [9.17, 15) is 4.79 Å². The lowest BCUT2D eigenvalue weighted by Crippen LogP contribution is -2.33. The third-order valence-electron chi connectivity index (χ3n) is 3.33. The van der Waals surface area contributed by atoms with Crippen LogP contribution >= 0.6 is 63.0 Å². The average Bonchev–Trinajstić information content (AvgIpc) is 2.75. The predicted molar refractivity (Wildman–Crippen MR) is 106 cm³/mol. The number of benzene rings is 2. The zero-order valence-corrected chi connectivity index (χ0v) is 16.4. The molecule has 1 aliphatic rings. The fourth-order valence-electron chi connectivity index (χ4n) is 2.21. The molecule has 0 spiro atoms. The van der Waals surface area contributed by atoms with Crippen molar-refractivity contribution >= 4 is 91.2 Å². The van der Waals surface area contributed by atoms with Gasteiger partial charge < -0.3 is 0 Å². The van der Waals surface area contributed by atoms with Crippen LogP contribution in [0.15, 0.2) is 40.9 Å². The van der Waals surface area contributed by atoms with Crippen molar-refractivity contribution in [2.75, 3.05) is 9.80 Å². The number of carbonyl (C=O) groups excluding carboxylic acids is 1. The molecule has 1 heterocycles. The summed E-state index contributed by atoms with van der Waals surface area (Å²) in [6, 6.07) is 9.36. The largest absolute Gasteiger partial charge is 0.340 e. The summed E-state index contributed by atoms with van der Waals surface area (Å²) in [5.41, 5.74) is 0.805. The molecule has 2 amide bonds. The van der Waals surface area contributed by atoms with Crippen molar-refractivity contribution in [3.63, 3.8) is 0 Å². The summed E-state index contributed by atoms with van der Waals surface area (Å²) in [4.78, 5) is 15.3. The number of thiocarbonyl (C=S) groups is 1. The van der Waals surface area contributed by atoms with Crippen LogP contribution in [0, 0.1) is 5.41 Å². The number of anilines is 2. The molecule has 24 heavy (non-hydrogen) atoms. The first-order chi connectivity index (χ1) is 11.3. The number of amides is 2. The Morgan fingerprint density at radius 2 is 1.54 bits per heavy atom. The minimum Gasteiger partial charge on any atom is -0.281 e. The molecule has 3 rings (SSSR count). The van der Waals surface area contributed by atoms with Gasteiger partial charge in [0.2, 0.25) is 0 Å². The van der Waals surface area contributed by atoms with Gasteiger partial charge in [-0.15, -0.1) is 0 Å². The maximum absolute atomic E-state index is 12.8. The molecule has 0 saturated carbocycles. The lowest BCUT2D eigenvalue weighted by Gasteiger charge is -2.18. The van der Waals surface area contributed by atoms with Crippen LogP contribution < -0.4 is 9.80 Å². The minimum atomic E-state index is -0.507. The molecule has 0 atom stereocenters. The van der Waals surface area contributed by atoms with Crippen molar-refractivity contribution in [2.45, 2.75) is 0 Å². The standard InChI is InChI=1S/C15H7BrCl3N3OS/c16-7-1-3-8(4-2-7)21-14(24)13(20)22(15(21)23)12-6-10(18)9(17)5-11(12)19/h1-6,20H. The first-order valence-corrected chi connectivity index (χ1v) is 8.82. The van der Waals surface area contributed by atoms with E-state index in [1.807, 2.05) is 0 Å². The molecule has 1 saturated heterocycles. The molecular weight excluding hydrogens is 457 g/mol. The van der Waals surface area contributed by atoms with Crippen LogP contribution in [0.4, 0.5) is 16.2 Å². The summed E-state index contributed by atoms with van der Waals surface area (Å²) in [6.45, 7) is 0.